The van der Waals surface area contributed by atoms with Crippen LogP contribution >= 0.6 is 11.6 Å². The Morgan fingerprint density at radius 3 is 2.73 bits per heavy atom. The van der Waals surface area contributed by atoms with Crippen LogP contribution < -0.4 is 10.1 Å². The first-order valence-electron chi connectivity index (χ1n) is 9.63. The first kappa shape index (κ1) is 20.0. The van der Waals surface area contributed by atoms with Gasteiger partial charge in [-0.05, 0) is 43.2 Å². The Hall–Kier alpha value is -3.32. The summed E-state index contributed by atoms with van der Waals surface area (Å²) in [6.07, 6.45) is 3.10. The van der Waals surface area contributed by atoms with Gasteiger partial charge in [-0.2, -0.15) is 5.10 Å². The van der Waals surface area contributed by atoms with E-state index in [2.05, 4.69) is 10.4 Å². The van der Waals surface area contributed by atoms with Crippen LogP contribution in [0.5, 0.6) is 5.75 Å². The smallest absolute Gasteiger partial charge is 0.258 e. The number of benzene rings is 2. The molecular formula is C22H21ClN4O3. The molecule has 1 atom stereocenters. The number of aromatic nitrogens is 2. The number of nitrogens with zero attached hydrogens (tertiary/aromatic N) is 3. The third-order valence-electron chi connectivity index (χ3n) is 5.07. The first-order chi connectivity index (χ1) is 14.6. The first-order valence-corrected chi connectivity index (χ1v) is 10.0. The molecule has 30 heavy (non-hydrogen) atoms. The van der Waals surface area contributed by atoms with E-state index in [9.17, 15) is 9.59 Å². The highest BCUT2D eigenvalue weighted by molar-refractivity contribution is 6.31. The van der Waals surface area contributed by atoms with Crippen molar-refractivity contribution < 1.29 is 14.3 Å². The molecule has 7 nitrogen and oxygen atoms in total. The molecule has 8 heteroatoms. The number of anilines is 1. The minimum Gasteiger partial charge on any atom is -0.496 e. The molecule has 2 heterocycles. The third kappa shape index (κ3) is 4.02. The van der Waals surface area contributed by atoms with E-state index in [0.717, 1.165) is 12.1 Å². The maximum atomic E-state index is 13.1. The van der Waals surface area contributed by atoms with Gasteiger partial charge in [0.25, 0.3) is 5.91 Å². The van der Waals surface area contributed by atoms with Gasteiger partial charge in [0, 0.05) is 23.8 Å². The van der Waals surface area contributed by atoms with E-state index >= 15 is 0 Å². The molecule has 0 aliphatic carbocycles. The van der Waals surface area contributed by atoms with Gasteiger partial charge in [-0.25, -0.2) is 4.68 Å². The van der Waals surface area contributed by atoms with Gasteiger partial charge < -0.3 is 15.0 Å². The van der Waals surface area contributed by atoms with Crippen molar-refractivity contribution in [2.24, 2.45) is 0 Å². The van der Waals surface area contributed by atoms with Gasteiger partial charge in [0.15, 0.2) is 5.82 Å². The molecule has 0 saturated carbocycles. The number of hydrogen-bond acceptors (Lipinski definition) is 4. The number of ether oxygens (including phenoxy) is 1. The van der Waals surface area contributed by atoms with Crippen LogP contribution in [0.3, 0.4) is 0 Å². The van der Waals surface area contributed by atoms with Gasteiger partial charge in [0.2, 0.25) is 5.91 Å². The topological polar surface area (TPSA) is 76.5 Å². The van der Waals surface area contributed by atoms with Crippen LogP contribution in [0.15, 0.2) is 60.8 Å². The van der Waals surface area contributed by atoms with Gasteiger partial charge in [0.1, 0.15) is 11.8 Å². The highest BCUT2D eigenvalue weighted by Gasteiger charge is 2.35. The Bertz CT molecular complexity index is 1070. The Kier molecular flexibility index (Phi) is 5.72. The van der Waals surface area contributed by atoms with Crippen LogP contribution in [0.1, 0.15) is 23.2 Å². The minimum absolute atomic E-state index is 0.264. The normalized spacial score (nSPS) is 15.8. The van der Waals surface area contributed by atoms with Crippen molar-refractivity contribution in [2.75, 3.05) is 19.0 Å². The quantitative estimate of drug-likeness (QED) is 0.676. The fourth-order valence-electron chi connectivity index (χ4n) is 3.61. The van der Waals surface area contributed by atoms with E-state index in [4.69, 9.17) is 16.3 Å². The largest absolute Gasteiger partial charge is 0.496 e. The third-order valence-corrected chi connectivity index (χ3v) is 5.30. The molecule has 1 saturated heterocycles. The summed E-state index contributed by atoms with van der Waals surface area (Å²) in [4.78, 5) is 27.6. The average Bonchev–Trinajstić information content (AvgIpc) is 3.43. The van der Waals surface area contributed by atoms with Gasteiger partial charge >= 0.3 is 0 Å². The number of rotatable bonds is 5. The van der Waals surface area contributed by atoms with Crippen molar-refractivity contribution >= 4 is 29.2 Å². The number of carbonyl (C=O) groups is 2. The molecule has 154 valence electrons. The molecule has 3 aromatic rings. The second-order valence-electron chi connectivity index (χ2n) is 6.97. The second kappa shape index (κ2) is 8.59. The summed E-state index contributed by atoms with van der Waals surface area (Å²) in [5, 5.41) is 7.67. The summed E-state index contributed by atoms with van der Waals surface area (Å²) >= 11 is 6.07. The van der Waals surface area contributed by atoms with Crippen LogP contribution in [-0.4, -0.2) is 46.2 Å². The highest BCUT2D eigenvalue weighted by Crippen LogP contribution is 2.28. The number of hydrogen-bond donors (Lipinski definition) is 1. The molecule has 1 aliphatic heterocycles. The van der Waals surface area contributed by atoms with Crippen LogP contribution in [0.4, 0.5) is 5.82 Å². The lowest BCUT2D eigenvalue weighted by molar-refractivity contribution is -0.119. The summed E-state index contributed by atoms with van der Waals surface area (Å²) in [6, 6.07) is 15.6. The Morgan fingerprint density at radius 1 is 1.17 bits per heavy atom. The molecule has 0 bridgehead atoms. The second-order valence-corrected chi connectivity index (χ2v) is 7.41. The Morgan fingerprint density at radius 2 is 1.97 bits per heavy atom. The maximum absolute atomic E-state index is 13.1. The van der Waals surface area contributed by atoms with Gasteiger partial charge in [0.05, 0.1) is 18.4 Å². The van der Waals surface area contributed by atoms with Crippen molar-refractivity contribution in [3.8, 4) is 11.4 Å². The molecule has 1 fully saturated rings. The molecule has 0 spiro atoms. The summed E-state index contributed by atoms with van der Waals surface area (Å²) in [6.45, 7) is 0.491. The van der Waals surface area contributed by atoms with E-state index in [1.54, 1.807) is 40.0 Å². The SMILES string of the molecule is COc1ccc(Cl)cc1C(=O)N1CCCC1C(=O)Nc1ccn(-c2ccccc2)n1. The lowest BCUT2D eigenvalue weighted by Crippen LogP contribution is -2.43. The molecule has 1 unspecified atom stereocenters. The van der Waals surface area contributed by atoms with Crippen LogP contribution in [0.2, 0.25) is 5.02 Å². The Labute approximate surface area is 179 Å². The number of carbonyl (C=O) groups excluding carboxylic acids is 2. The molecular weight excluding hydrogens is 404 g/mol. The van der Waals surface area contributed by atoms with E-state index < -0.39 is 6.04 Å². The predicted octanol–water partition coefficient (Wildman–Crippen LogP) is 3.78. The van der Waals surface area contributed by atoms with Gasteiger partial charge in [-0.3, -0.25) is 9.59 Å². The average molecular weight is 425 g/mol. The van der Waals surface area contributed by atoms with Crippen LogP contribution in [-0.2, 0) is 4.79 Å². The summed E-state index contributed by atoms with van der Waals surface area (Å²) in [5.41, 5.74) is 1.24. The van der Waals surface area contributed by atoms with Crippen molar-refractivity contribution in [3.63, 3.8) is 0 Å². The van der Waals surface area contributed by atoms with E-state index in [-0.39, 0.29) is 11.8 Å². The van der Waals surface area contributed by atoms with E-state index in [1.165, 1.54) is 7.11 Å². The zero-order valence-corrected chi connectivity index (χ0v) is 17.2. The molecule has 4 rings (SSSR count). The fourth-order valence-corrected chi connectivity index (χ4v) is 3.78. The molecule has 2 amide bonds. The molecule has 1 aliphatic rings. The zero-order valence-electron chi connectivity index (χ0n) is 16.4. The molecule has 1 aromatic heterocycles. The minimum atomic E-state index is -0.580. The Balaban J connectivity index is 1.50. The summed E-state index contributed by atoms with van der Waals surface area (Å²) in [5.74, 6) is 0.322. The van der Waals surface area contributed by atoms with Crippen molar-refractivity contribution in [3.05, 3.63) is 71.4 Å². The number of nitrogens with one attached hydrogen (secondary N) is 1. The summed E-state index contributed by atoms with van der Waals surface area (Å²) < 4.78 is 6.98. The van der Waals surface area contributed by atoms with Gasteiger partial charge in [-0.15, -0.1) is 0 Å². The van der Waals surface area contributed by atoms with E-state index in [0.29, 0.717) is 35.1 Å². The van der Waals surface area contributed by atoms with E-state index in [1.807, 2.05) is 30.3 Å². The van der Waals surface area contributed by atoms with Crippen molar-refractivity contribution in [2.45, 2.75) is 18.9 Å². The standard InChI is InChI=1S/C22H21ClN4O3/c1-30-19-10-9-15(23)14-17(19)22(29)26-12-5-8-18(26)21(28)24-20-11-13-27(25-20)16-6-3-2-4-7-16/h2-4,6-7,9-11,13-14,18H,5,8,12H2,1H3,(H,24,25,28). The monoisotopic (exact) mass is 424 g/mol. The molecule has 1 N–H and O–H groups in total. The summed E-state index contributed by atoms with van der Waals surface area (Å²) in [7, 11) is 1.50. The maximum Gasteiger partial charge on any atom is 0.258 e. The number of likely N-dealkylation sites (tertiary alicyclic amines) is 1. The highest BCUT2D eigenvalue weighted by atomic mass is 35.5. The lowest BCUT2D eigenvalue weighted by atomic mass is 10.1. The lowest BCUT2D eigenvalue weighted by Gasteiger charge is -2.24. The van der Waals surface area contributed by atoms with Crippen molar-refractivity contribution in [1.82, 2.24) is 14.7 Å². The molecule has 2 aromatic carbocycles. The van der Waals surface area contributed by atoms with Gasteiger partial charge in [-0.1, -0.05) is 29.8 Å². The van der Waals surface area contributed by atoms with Crippen LogP contribution in [0.25, 0.3) is 5.69 Å². The number of para-hydroxylation sites is 1. The van der Waals surface area contributed by atoms with Crippen molar-refractivity contribution in [1.29, 1.82) is 0 Å². The number of methoxy groups -OCH3 is 1. The molecule has 0 radical (unpaired) electrons. The van der Waals surface area contributed by atoms with Crippen LogP contribution in [0, 0.1) is 0 Å². The zero-order chi connectivity index (χ0) is 21.1. The number of amides is 2. The predicted molar refractivity (Wildman–Crippen MR) is 114 cm³/mol. The fraction of sp³-hybridized carbons (Fsp3) is 0.227. The number of halogens is 1.